The molecule has 3 N–H and O–H groups in total. The number of hydrogen-bond donors (Lipinski definition) is 3. The largest absolute Gasteiger partial charge is 0.448 e. The van der Waals surface area contributed by atoms with Gasteiger partial charge in [0.2, 0.25) is 5.95 Å². The van der Waals surface area contributed by atoms with E-state index in [1.54, 1.807) is 25.3 Å². The lowest BCUT2D eigenvalue weighted by Gasteiger charge is -2.15. The number of anilines is 4. The highest BCUT2D eigenvalue weighted by atomic mass is 79.9. The van der Waals surface area contributed by atoms with Crippen molar-refractivity contribution in [1.29, 1.82) is 0 Å². The van der Waals surface area contributed by atoms with Gasteiger partial charge >= 0.3 is 6.09 Å². The minimum Gasteiger partial charge on any atom is -0.448 e. The van der Waals surface area contributed by atoms with Gasteiger partial charge < -0.3 is 20.7 Å². The van der Waals surface area contributed by atoms with Crippen LogP contribution in [0.1, 0.15) is 19.8 Å². The van der Waals surface area contributed by atoms with Crippen LogP contribution in [-0.2, 0) is 14.5 Å². The molecule has 1 amide bonds. The zero-order valence-corrected chi connectivity index (χ0v) is 18.6. The molecule has 0 aliphatic carbocycles. The topological polar surface area (TPSA) is 118 Å². The van der Waals surface area contributed by atoms with Crippen molar-refractivity contribution in [3.05, 3.63) is 28.9 Å². The van der Waals surface area contributed by atoms with E-state index >= 15 is 0 Å². The Bertz CT molecular complexity index is 1020. The number of rotatable bonds is 2. The molecule has 3 rings (SSSR count). The molecule has 0 saturated heterocycles. The monoisotopic (exact) mass is 482 g/mol. The molecule has 0 spiro atoms. The third-order valence-electron chi connectivity index (χ3n) is 4.12. The number of nitrogens with one attached hydrogen (secondary N) is 3. The maximum absolute atomic E-state index is 13.1. The first-order valence-electron chi connectivity index (χ1n) is 9.19. The molecule has 1 unspecified atom stereocenters. The SMILES string of the molecule is CCOC(=O)N=S(C)(=O)c1ccc2cc1NCCCCNc1nc(ncc1Br)N2. The lowest BCUT2D eigenvalue weighted by atomic mass is 10.2. The molecular weight excluding hydrogens is 460 g/mol. The van der Waals surface area contributed by atoms with Crippen LogP contribution < -0.4 is 16.0 Å². The molecule has 1 aromatic heterocycles. The summed E-state index contributed by atoms with van der Waals surface area (Å²) in [5.74, 6) is 1.15. The van der Waals surface area contributed by atoms with Crippen LogP contribution >= 0.6 is 15.9 Å². The van der Waals surface area contributed by atoms with E-state index in [0.717, 1.165) is 35.4 Å². The second-order valence-electron chi connectivity index (χ2n) is 6.38. The summed E-state index contributed by atoms with van der Waals surface area (Å²) < 4.78 is 22.5. The van der Waals surface area contributed by atoms with Gasteiger partial charge in [0.05, 0.1) is 31.4 Å². The summed E-state index contributed by atoms with van der Waals surface area (Å²) in [6, 6.07) is 5.26. The number of amides is 1. The van der Waals surface area contributed by atoms with Crippen LogP contribution in [0.15, 0.2) is 38.1 Å². The quantitative estimate of drug-likeness (QED) is 0.582. The van der Waals surface area contributed by atoms with E-state index in [0.29, 0.717) is 23.1 Å². The number of hydrogen-bond acceptors (Lipinski definition) is 8. The van der Waals surface area contributed by atoms with Crippen LogP contribution in [-0.4, -0.2) is 46.2 Å². The first-order valence-corrected chi connectivity index (χ1v) is 11.9. The Morgan fingerprint density at radius 2 is 2.07 bits per heavy atom. The van der Waals surface area contributed by atoms with Crippen molar-refractivity contribution in [2.24, 2.45) is 4.36 Å². The van der Waals surface area contributed by atoms with Crippen LogP contribution in [0.2, 0.25) is 0 Å². The van der Waals surface area contributed by atoms with E-state index in [9.17, 15) is 9.00 Å². The molecule has 0 fully saturated rings. The fourth-order valence-corrected chi connectivity index (χ4v) is 4.40. The summed E-state index contributed by atoms with van der Waals surface area (Å²) in [7, 11) is -2.98. The highest BCUT2D eigenvalue weighted by molar-refractivity contribution is 9.10. The van der Waals surface area contributed by atoms with Gasteiger partial charge in [0.1, 0.15) is 5.82 Å². The first kappa shape index (κ1) is 21.3. The molecule has 1 aromatic carbocycles. The van der Waals surface area contributed by atoms with Crippen molar-refractivity contribution >= 4 is 54.9 Å². The van der Waals surface area contributed by atoms with Gasteiger partial charge in [-0.2, -0.15) is 4.98 Å². The number of benzene rings is 1. The number of carbonyl (C=O) groups excluding carboxylic acids is 1. The fourth-order valence-electron chi connectivity index (χ4n) is 2.78. The van der Waals surface area contributed by atoms with Crippen LogP contribution in [0, 0.1) is 0 Å². The fraction of sp³-hybridized carbons (Fsp3) is 0.389. The van der Waals surface area contributed by atoms with E-state index in [2.05, 4.69) is 46.2 Å². The summed E-state index contributed by atoms with van der Waals surface area (Å²) >= 11 is 3.45. The molecule has 2 aromatic rings. The minimum atomic E-state index is -2.98. The van der Waals surface area contributed by atoms with Crippen LogP contribution in [0.3, 0.4) is 0 Å². The van der Waals surface area contributed by atoms with Gasteiger partial charge in [-0.1, -0.05) is 0 Å². The molecular formula is C18H23BrN6O3S. The lowest BCUT2D eigenvalue weighted by molar-refractivity contribution is 0.164. The number of nitrogens with zero attached hydrogens (tertiary/aromatic N) is 3. The van der Waals surface area contributed by atoms with E-state index < -0.39 is 15.8 Å². The van der Waals surface area contributed by atoms with Crippen molar-refractivity contribution in [2.45, 2.75) is 24.7 Å². The molecule has 0 radical (unpaired) electrons. The summed E-state index contributed by atoms with van der Waals surface area (Å²) in [6.45, 7) is 3.28. The normalized spacial score (nSPS) is 15.7. The van der Waals surface area contributed by atoms with Crippen molar-refractivity contribution in [2.75, 3.05) is 41.9 Å². The molecule has 11 heteroatoms. The van der Waals surface area contributed by atoms with Gasteiger partial charge in [0.15, 0.2) is 0 Å². The van der Waals surface area contributed by atoms with Gasteiger partial charge in [-0.05, 0) is 53.9 Å². The van der Waals surface area contributed by atoms with Crippen LogP contribution in [0.4, 0.5) is 27.9 Å². The second kappa shape index (κ2) is 9.40. The number of ether oxygens (including phenoxy) is 1. The minimum absolute atomic E-state index is 0.176. The van der Waals surface area contributed by atoms with Gasteiger partial charge in [-0.25, -0.2) is 14.0 Å². The van der Waals surface area contributed by atoms with Crippen molar-refractivity contribution in [3.63, 3.8) is 0 Å². The summed E-state index contributed by atoms with van der Waals surface area (Å²) in [5, 5.41) is 9.75. The molecule has 1 aliphatic heterocycles. The summed E-state index contributed by atoms with van der Waals surface area (Å²) in [4.78, 5) is 21.0. The predicted molar refractivity (Wildman–Crippen MR) is 117 cm³/mol. The van der Waals surface area contributed by atoms with Crippen molar-refractivity contribution < 1.29 is 13.7 Å². The zero-order valence-electron chi connectivity index (χ0n) is 16.2. The summed E-state index contributed by atoms with van der Waals surface area (Å²) in [5.41, 5.74) is 1.36. The Morgan fingerprint density at radius 1 is 1.31 bits per heavy atom. The molecule has 156 valence electrons. The smallest absolute Gasteiger partial charge is 0.442 e. The maximum atomic E-state index is 13.1. The van der Waals surface area contributed by atoms with Crippen molar-refractivity contribution in [3.8, 4) is 0 Å². The zero-order chi connectivity index (χ0) is 20.9. The third kappa shape index (κ3) is 5.57. The number of carbonyl (C=O) groups is 1. The molecule has 1 aliphatic rings. The number of aromatic nitrogens is 2. The third-order valence-corrected chi connectivity index (χ3v) is 6.37. The van der Waals surface area contributed by atoms with E-state index in [-0.39, 0.29) is 6.61 Å². The maximum Gasteiger partial charge on any atom is 0.442 e. The van der Waals surface area contributed by atoms with Gasteiger partial charge in [0, 0.05) is 31.2 Å². The average molecular weight is 483 g/mol. The number of fused-ring (bicyclic) bond motifs is 4. The Morgan fingerprint density at radius 3 is 2.83 bits per heavy atom. The van der Waals surface area contributed by atoms with Crippen LogP contribution in [0.5, 0.6) is 0 Å². The second-order valence-corrected chi connectivity index (χ2v) is 9.46. The Kier molecular flexibility index (Phi) is 6.91. The van der Waals surface area contributed by atoms with Gasteiger partial charge in [-0.15, -0.1) is 4.36 Å². The Balaban J connectivity index is 2.00. The highest BCUT2D eigenvalue weighted by Gasteiger charge is 2.16. The molecule has 9 nitrogen and oxygen atoms in total. The Hall–Kier alpha value is -2.40. The molecule has 0 saturated carbocycles. The van der Waals surface area contributed by atoms with E-state index in [4.69, 9.17) is 4.74 Å². The molecule has 2 heterocycles. The average Bonchev–Trinajstić information content (AvgIpc) is 2.67. The highest BCUT2D eigenvalue weighted by Crippen LogP contribution is 2.29. The first-order chi connectivity index (χ1) is 13.9. The number of halogens is 1. The molecule has 4 bridgehead atoms. The van der Waals surface area contributed by atoms with E-state index in [1.807, 2.05) is 6.07 Å². The summed E-state index contributed by atoms with van der Waals surface area (Å²) in [6.07, 6.45) is 4.08. The molecule has 29 heavy (non-hydrogen) atoms. The van der Waals surface area contributed by atoms with Gasteiger partial charge in [0.25, 0.3) is 0 Å². The van der Waals surface area contributed by atoms with E-state index in [1.165, 1.54) is 6.26 Å². The standard InChI is InChI=1S/C18H23BrN6O3S/c1-3-28-18(26)25-29(2,27)15-7-6-12-10-14(15)20-8-4-5-9-21-16-13(19)11-22-17(23-12)24-16/h6-7,10-11,20H,3-5,8-9H2,1-2H3,(H2,21,22,23,24). The lowest BCUT2D eigenvalue weighted by Crippen LogP contribution is -2.11. The van der Waals surface area contributed by atoms with Crippen LogP contribution in [0.25, 0.3) is 0 Å². The van der Waals surface area contributed by atoms with Gasteiger partial charge in [-0.3, -0.25) is 0 Å². The predicted octanol–water partition coefficient (Wildman–Crippen LogP) is 4.21. The molecule has 1 atom stereocenters. The Labute approximate surface area is 178 Å². The van der Waals surface area contributed by atoms with Crippen molar-refractivity contribution in [1.82, 2.24) is 9.97 Å².